The van der Waals surface area contributed by atoms with Crippen LogP contribution in [0.1, 0.15) is 11.3 Å². The highest BCUT2D eigenvalue weighted by Gasteiger charge is 2.02. The van der Waals surface area contributed by atoms with Crippen LogP contribution in [0.25, 0.3) is 5.65 Å². The number of nitrogens with zero attached hydrogens (tertiary/aromatic N) is 3. The molecule has 2 aromatic heterocycles. The van der Waals surface area contributed by atoms with Gasteiger partial charge in [-0.25, -0.2) is 4.98 Å². The van der Waals surface area contributed by atoms with Gasteiger partial charge in [-0.05, 0) is 31.2 Å². The summed E-state index contributed by atoms with van der Waals surface area (Å²) in [5.74, 6) is 1.65. The summed E-state index contributed by atoms with van der Waals surface area (Å²) in [6.45, 7) is 4.09. The van der Waals surface area contributed by atoms with Crippen LogP contribution in [0.5, 0.6) is 5.75 Å². The summed E-state index contributed by atoms with van der Waals surface area (Å²) in [7, 11) is 1.76. The minimum absolute atomic E-state index is 0.580. The lowest BCUT2D eigenvalue weighted by molar-refractivity contribution is 0.322. The lowest BCUT2D eigenvalue weighted by Crippen LogP contribution is -2.40. The van der Waals surface area contributed by atoms with Crippen molar-refractivity contribution >= 4 is 11.6 Å². The fourth-order valence-corrected chi connectivity index (χ4v) is 2.61. The second kappa shape index (κ2) is 8.89. The van der Waals surface area contributed by atoms with Crippen molar-refractivity contribution in [3.05, 3.63) is 66.1 Å². The van der Waals surface area contributed by atoms with Crippen LogP contribution in [0.15, 0.2) is 59.9 Å². The van der Waals surface area contributed by atoms with Gasteiger partial charge in [-0.3, -0.25) is 4.99 Å². The highest BCUT2D eigenvalue weighted by molar-refractivity contribution is 5.79. The van der Waals surface area contributed by atoms with E-state index in [1.165, 1.54) is 5.56 Å². The highest BCUT2D eigenvalue weighted by Crippen LogP contribution is 2.10. The molecule has 3 aromatic rings. The van der Waals surface area contributed by atoms with Crippen LogP contribution in [0.2, 0.25) is 0 Å². The molecule has 0 amide bonds. The van der Waals surface area contributed by atoms with Gasteiger partial charge < -0.3 is 19.8 Å². The molecule has 0 aliphatic rings. The number of nitrogens with one attached hydrogen (secondary N) is 2. The number of aliphatic imine (C=N–C) groups is 1. The molecule has 136 valence electrons. The van der Waals surface area contributed by atoms with E-state index in [4.69, 9.17) is 4.74 Å². The third-order valence-electron chi connectivity index (χ3n) is 4.00. The molecule has 0 bridgehead atoms. The third-order valence-corrected chi connectivity index (χ3v) is 4.00. The summed E-state index contributed by atoms with van der Waals surface area (Å²) in [6.07, 6.45) is 4.90. The number of guanidine groups is 1. The van der Waals surface area contributed by atoms with Gasteiger partial charge in [0.05, 0.1) is 12.2 Å². The first-order valence-corrected chi connectivity index (χ1v) is 8.81. The SMILES string of the molecule is CN=C(NCCOc1ccc(C)cc1)NCCc1cn2ccccc2n1. The van der Waals surface area contributed by atoms with Crippen molar-refractivity contribution in [2.75, 3.05) is 26.7 Å². The predicted octanol–water partition coefficient (Wildman–Crippen LogP) is 2.43. The molecule has 0 fully saturated rings. The van der Waals surface area contributed by atoms with E-state index >= 15 is 0 Å². The Morgan fingerprint density at radius 1 is 1.12 bits per heavy atom. The average molecular weight is 351 g/mol. The van der Waals surface area contributed by atoms with Crippen LogP contribution >= 0.6 is 0 Å². The molecule has 6 heteroatoms. The minimum Gasteiger partial charge on any atom is -0.492 e. The number of hydrogen-bond acceptors (Lipinski definition) is 3. The fraction of sp³-hybridized carbons (Fsp3) is 0.300. The summed E-state index contributed by atoms with van der Waals surface area (Å²) in [4.78, 5) is 8.82. The third kappa shape index (κ3) is 4.99. The monoisotopic (exact) mass is 351 g/mol. The van der Waals surface area contributed by atoms with E-state index in [2.05, 4.69) is 33.7 Å². The number of hydrogen-bond donors (Lipinski definition) is 2. The molecule has 0 unspecified atom stereocenters. The quantitative estimate of drug-likeness (QED) is 0.390. The van der Waals surface area contributed by atoms with Gasteiger partial charge in [0.2, 0.25) is 0 Å². The lowest BCUT2D eigenvalue weighted by Gasteiger charge is -2.12. The fourth-order valence-electron chi connectivity index (χ4n) is 2.61. The van der Waals surface area contributed by atoms with E-state index in [0.717, 1.165) is 36.0 Å². The Morgan fingerprint density at radius 3 is 2.69 bits per heavy atom. The maximum absolute atomic E-state index is 5.71. The molecule has 26 heavy (non-hydrogen) atoms. The zero-order valence-electron chi connectivity index (χ0n) is 15.3. The standard InChI is InChI=1S/C20H25N5O/c1-16-6-8-18(9-7-16)26-14-12-23-20(21-2)22-11-10-17-15-25-13-4-3-5-19(25)24-17/h3-9,13,15H,10-12,14H2,1-2H3,(H2,21,22,23). The van der Waals surface area contributed by atoms with E-state index in [0.29, 0.717) is 13.2 Å². The molecule has 2 heterocycles. The Morgan fingerprint density at radius 2 is 1.92 bits per heavy atom. The molecule has 0 spiro atoms. The molecule has 0 radical (unpaired) electrons. The van der Waals surface area contributed by atoms with Gasteiger partial charge >= 0.3 is 0 Å². The van der Waals surface area contributed by atoms with Crippen molar-refractivity contribution in [3.63, 3.8) is 0 Å². The van der Waals surface area contributed by atoms with Gasteiger partial charge in [0.1, 0.15) is 18.0 Å². The highest BCUT2D eigenvalue weighted by atomic mass is 16.5. The second-order valence-corrected chi connectivity index (χ2v) is 6.04. The maximum Gasteiger partial charge on any atom is 0.191 e. The number of ether oxygens (including phenoxy) is 1. The first kappa shape index (κ1) is 17.8. The summed E-state index contributed by atoms with van der Waals surface area (Å²) >= 11 is 0. The topological polar surface area (TPSA) is 63.0 Å². The van der Waals surface area contributed by atoms with E-state index < -0.39 is 0 Å². The molecule has 2 N–H and O–H groups in total. The van der Waals surface area contributed by atoms with Gasteiger partial charge in [0, 0.05) is 32.4 Å². The van der Waals surface area contributed by atoms with Crippen LogP contribution in [0.4, 0.5) is 0 Å². The van der Waals surface area contributed by atoms with Crippen LogP contribution in [0, 0.1) is 6.92 Å². The van der Waals surface area contributed by atoms with Gasteiger partial charge in [-0.15, -0.1) is 0 Å². The zero-order chi connectivity index (χ0) is 18.2. The molecule has 0 aliphatic heterocycles. The normalized spacial score (nSPS) is 11.5. The van der Waals surface area contributed by atoms with Crippen molar-refractivity contribution < 1.29 is 4.74 Å². The molecule has 3 rings (SSSR count). The van der Waals surface area contributed by atoms with Crippen molar-refractivity contribution in [2.45, 2.75) is 13.3 Å². The van der Waals surface area contributed by atoms with Gasteiger partial charge in [0.15, 0.2) is 5.96 Å². The van der Waals surface area contributed by atoms with Crippen molar-refractivity contribution in [1.82, 2.24) is 20.0 Å². The largest absolute Gasteiger partial charge is 0.492 e. The summed E-state index contributed by atoms with van der Waals surface area (Å²) in [5, 5.41) is 6.55. The maximum atomic E-state index is 5.71. The summed E-state index contributed by atoms with van der Waals surface area (Å²) in [6, 6.07) is 14.1. The van der Waals surface area contributed by atoms with Crippen molar-refractivity contribution in [2.24, 2.45) is 4.99 Å². The summed E-state index contributed by atoms with van der Waals surface area (Å²) < 4.78 is 7.74. The lowest BCUT2D eigenvalue weighted by atomic mass is 10.2. The Balaban J connectivity index is 1.37. The number of rotatable bonds is 7. The Labute approximate surface area is 153 Å². The summed E-state index contributed by atoms with van der Waals surface area (Å²) in [5.41, 5.74) is 3.26. The molecule has 0 saturated carbocycles. The average Bonchev–Trinajstić information content (AvgIpc) is 3.08. The molecule has 0 atom stereocenters. The molecular formula is C20H25N5O. The number of benzene rings is 1. The van der Waals surface area contributed by atoms with Crippen LogP contribution in [-0.4, -0.2) is 42.1 Å². The number of aryl methyl sites for hydroxylation is 1. The number of fused-ring (bicyclic) bond motifs is 1. The number of aromatic nitrogens is 2. The Bertz CT molecular complexity index is 821. The van der Waals surface area contributed by atoms with Gasteiger partial charge in [-0.2, -0.15) is 0 Å². The minimum atomic E-state index is 0.580. The second-order valence-electron chi connectivity index (χ2n) is 6.04. The molecule has 1 aromatic carbocycles. The Hall–Kier alpha value is -3.02. The van der Waals surface area contributed by atoms with Crippen molar-refractivity contribution in [1.29, 1.82) is 0 Å². The van der Waals surface area contributed by atoms with E-state index in [1.807, 2.05) is 53.1 Å². The van der Waals surface area contributed by atoms with E-state index in [-0.39, 0.29) is 0 Å². The molecular weight excluding hydrogens is 326 g/mol. The number of pyridine rings is 1. The first-order chi connectivity index (χ1) is 12.7. The number of imidazole rings is 1. The van der Waals surface area contributed by atoms with Crippen LogP contribution in [-0.2, 0) is 6.42 Å². The van der Waals surface area contributed by atoms with E-state index in [1.54, 1.807) is 7.05 Å². The van der Waals surface area contributed by atoms with Gasteiger partial charge in [0.25, 0.3) is 0 Å². The van der Waals surface area contributed by atoms with Crippen LogP contribution < -0.4 is 15.4 Å². The zero-order valence-corrected chi connectivity index (χ0v) is 15.3. The Kier molecular flexibility index (Phi) is 6.09. The molecule has 6 nitrogen and oxygen atoms in total. The molecule has 0 saturated heterocycles. The smallest absolute Gasteiger partial charge is 0.191 e. The first-order valence-electron chi connectivity index (χ1n) is 8.81. The van der Waals surface area contributed by atoms with Crippen LogP contribution in [0.3, 0.4) is 0 Å². The van der Waals surface area contributed by atoms with Crippen molar-refractivity contribution in [3.8, 4) is 5.75 Å². The van der Waals surface area contributed by atoms with E-state index in [9.17, 15) is 0 Å². The molecule has 0 aliphatic carbocycles. The van der Waals surface area contributed by atoms with Gasteiger partial charge in [-0.1, -0.05) is 23.8 Å². The predicted molar refractivity (Wildman–Crippen MR) is 105 cm³/mol.